The van der Waals surface area contributed by atoms with Crippen LogP contribution in [0.2, 0.25) is 0 Å². The Morgan fingerprint density at radius 2 is 2.16 bits per heavy atom. The van der Waals surface area contributed by atoms with E-state index >= 15 is 0 Å². The van der Waals surface area contributed by atoms with Crippen LogP contribution in [0.4, 0.5) is 23.0 Å². The molecule has 0 spiro atoms. The minimum absolute atomic E-state index is 0.0160. The standard InChI is InChI=1S/C28H28N6O4/c1-3-26(36)31-19-9-10-29-24(13-19)22-6-4-5-18-15-30-28(33-27(18)22)32-23-8-7-20(14-25(23)37-2)34-11-12-38-21(16-34)17-35/h3-10,13-15,21,35H,1,11-12,16-17H2,2H3,(H,29,31,36)(H,30,32,33). The van der Waals surface area contributed by atoms with Crippen molar-refractivity contribution in [3.63, 3.8) is 0 Å². The van der Waals surface area contributed by atoms with Gasteiger partial charge in [0.05, 0.1) is 43.3 Å². The van der Waals surface area contributed by atoms with Crippen LogP contribution in [-0.2, 0) is 9.53 Å². The lowest BCUT2D eigenvalue weighted by atomic mass is 10.1. The third-order valence-electron chi connectivity index (χ3n) is 6.24. The number of nitrogens with zero attached hydrogens (tertiary/aromatic N) is 4. The zero-order valence-corrected chi connectivity index (χ0v) is 20.9. The normalized spacial score (nSPS) is 15.2. The number of carbonyl (C=O) groups is 1. The van der Waals surface area contributed by atoms with Gasteiger partial charge in [0.15, 0.2) is 0 Å². The van der Waals surface area contributed by atoms with Gasteiger partial charge in [-0.2, -0.15) is 0 Å². The molecule has 1 atom stereocenters. The van der Waals surface area contributed by atoms with Crippen molar-refractivity contribution >= 4 is 39.8 Å². The number of pyridine rings is 1. The quantitative estimate of drug-likeness (QED) is 0.303. The van der Waals surface area contributed by atoms with Crippen molar-refractivity contribution in [2.24, 2.45) is 0 Å². The summed E-state index contributed by atoms with van der Waals surface area (Å²) in [5.41, 5.74) is 4.48. The van der Waals surface area contributed by atoms with Crippen molar-refractivity contribution < 1.29 is 19.4 Å². The second-order valence-electron chi connectivity index (χ2n) is 8.69. The Morgan fingerprint density at radius 3 is 2.97 bits per heavy atom. The number of hydrogen-bond donors (Lipinski definition) is 3. The number of fused-ring (bicyclic) bond motifs is 1. The molecule has 1 aliphatic rings. The molecule has 194 valence electrons. The van der Waals surface area contributed by atoms with Crippen LogP contribution < -0.4 is 20.3 Å². The van der Waals surface area contributed by atoms with Crippen molar-refractivity contribution in [2.75, 3.05) is 48.9 Å². The predicted molar refractivity (Wildman–Crippen MR) is 147 cm³/mol. The molecule has 1 unspecified atom stereocenters. The number of aliphatic hydroxyl groups is 1. The number of carbonyl (C=O) groups excluding carboxylic acids is 1. The maximum atomic E-state index is 11.7. The summed E-state index contributed by atoms with van der Waals surface area (Å²) in [5.74, 6) is 0.744. The van der Waals surface area contributed by atoms with Gasteiger partial charge in [-0.1, -0.05) is 24.8 Å². The van der Waals surface area contributed by atoms with Crippen LogP contribution in [0.3, 0.4) is 0 Å². The number of hydrogen-bond acceptors (Lipinski definition) is 9. The average Bonchev–Trinajstić information content (AvgIpc) is 2.97. The summed E-state index contributed by atoms with van der Waals surface area (Å²) in [6.45, 7) is 5.37. The fourth-order valence-electron chi connectivity index (χ4n) is 4.34. The highest BCUT2D eigenvalue weighted by Crippen LogP contribution is 2.33. The Hall–Kier alpha value is -4.54. The molecule has 1 aliphatic heterocycles. The van der Waals surface area contributed by atoms with Gasteiger partial charge in [0.1, 0.15) is 5.75 Å². The largest absolute Gasteiger partial charge is 0.494 e. The van der Waals surface area contributed by atoms with Gasteiger partial charge >= 0.3 is 0 Å². The van der Waals surface area contributed by atoms with Crippen LogP contribution in [0.5, 0.6) is 5.75 Å². The second kappa shape index (κ2) is 11.2. The number of aromatic nitrogens is 3. The van der Waals surface area contributed by atoms with E-state index in [4.69, 9.17) is 14.5 Å². The number of para-hydroxylation sites is 1. The molecule has 0 aliphatic carbocycles. The second-order valence-corrected chi connectivity index (χ2v) is 8.69. The fourth-order valence-corrected chi connectivity index (χ4v) is 4.34. The highest BCUT2D eigenvalue weighted by Gasteiger charge is 2.21. The molecule has 10 nitrogen and oxygen atoms in total. The van der Waals surface area contributed by atoms with E-state index in [1.165, 1.54) is 6.08 Å². The van der Waals surface area contributed by atoms with Crippen LogP contribution in [0, 0.1) is 0 Å². The molecule has 1 saturated heterocycles. The zero-order valence-electron chi connectivity index (χ0n) is 20.9. The van der Waals surface area contributed by atoms with Crippen LogP contribution in [-0.4, -0.2) is 65.5 Å². The molecule has 0 saturated carbocycles. The maximum absolute atomic E-state index is 11.7. The summed E-state index contributed by atoms with van der Waals surface area (Å²) in [7, 11) is 1.61. The van der Waals surface area contributed by atoms with E-state index in [1.54, 1.807) is 31.6 Å². The molecule has 2 aromatic heterocycles. The molecule has 1 amide bonds. The van der Waals surface area contributed by atoms with E-state index in [9.17, 15) is 9.90 Å². The van der Waals surface area contributed by atoms with Gasteiger partial charge in [0, 0.05) is 53.9 Å². The van der Waals surface area contributed by atoms with Crippen molar-refractivity contribution in [3.05, 3.63) is 73.6 Å². The molecule has 3 heterocycles. The minimum Gasteiger partial charge on any atom is -0.494 e. The smallest absolute Gasteiger partial charge is 0.247 e. The molecular weight excluding hydrogens is 484 g/mol. The fraction of sp³-hybridized carbons (Fsp3) is 0.214. The first-order valence-electron chi connectivity index (χ1n) is 12.2. The summed E-state index contributed by atoms with van der Waals surface area (Å²) in [6, 6.07) is 15.1. The van der Waals surface area contributed by atoms with E-state index in [0.717, 1.165) is 23.2 Å². The SMILES string of the molecule is C=CC(=O)Nc1ccnc(-c2cccc3cnc(Nc4ccc(N5CCOC(CO)C5)cc4OC)nc23)c1. The van der Waals surface area contributed by atoms with Gasteiger partial charge in [-0.05, 0) is 30.3 Å². The lowest BCUT2D eigenvalue weighted by Gasteiger charge is -2.34. The number of ether oxygens (including phenoxy) is 2. The lowest BCUT2D eigenvalue weighted by molar-refractivity contribution is -0.111. The molecule has 38 heavy (non-hydrogen) atoms. The Kier molecular flexibility index (Phi) is 7.43. The zero-order chi connectivity index (χ0) is 26.5. The average molecular weight is 513 g/mol. The summed E-state index contributed by atoms with van der Waals surface area (Å²) in [5, 5.41) is 16.3. The van der Waals surface area contributed by atoms with Crippen LogP contribution in [0.25, 0.3) is 22.2 Å². The molecule has 0 radical (unpaired) electrons. The van der Waals surface area contributed by atoms with Gasteiger partial charge < -0.3 is 30.1 Å². The molecule has 0 bridgehead atoms. The number of methoxy groups -OCH3 is 1. The number of benzene rings is 2. The Balaban J connectivity index is 1.44. The van der Waals surface area contributed by atoms with Crippen LogP contribution in [0.15, 0.2) is 73.6 Å². The Bertz CT molecular complexity index is 1480. The molecule has 2 aromatic carbocycles. The van der Waals surface area contributed by atoms with Gasteiger partial charge in [0.25, 0.3) is 0 Å². The number of aliphatic hydroxyl groups excluding tert-OH is 1. The molecular formula is C28H28N6O4. The predicted octanol–water partition coefficient (Wildman–Crippen LogP) is 3.77. The summed E-state index contributed by atoms with van der Waals surface area (Å²) >= 11 is 0. The molecule has 5 rings (SSSR count). The number of amides is 1. The third kappa shape index (κ3) is 5.41. The first-order chi connectivity index (χ1) is 18.6. The minimum atomic E-state index is -0.296. The molecule has 1 fully saturated rings. The summed E-state index contributed by atoms with van der Waals surface area (Å²) in [6.07, 6.45) is 4.40. The van der Waals surface area contributed by atoms with E-state index in [-0.39, 0.29) is 18.6 Å². The summed E-state index contributed by atoms with van der Waals surface area (Å²) < 4.78 is 11.2. The number of anilines is 4. The van der Waals surface area contributed by atoms with Gasteiger partial charge in [0.2, 0.25) is 11.9 Å². The van der Waals surface area contributed by atoms with Crippen LogP contribution >= 0.6 is 0 Å². The van der Waals surface area contributed by atoms with E-state index < -0.39 is 0 Å². The Morgan fingerprint density at radius 1 is 1.26 bits per heavy atom. The van der Waals surface area contributed by atoms with Gasteiger partial charge in [-0.15, -0.1) is 0 Å². The Labute approximate surface area is 220 Å². The molecule has 4 aromatic rings. The van der Waals surface area contributed by atoms with E-state index in [2.05, 4.69) is 32.1 Å². The van der Waals surface area contributed by atoms with Crippen molar-refractivity contribution in [1.82, 2.24) is 15.0 Å². The van der Waals surface area contributed by atoms with Crippen molar-refractivity contribution in [1.29, 1.82) is 0 Å². The summed E-state index contributed by atoms with van der Waals surface area (Å²) in [4.78, 5) is 27.7. The van der Waals surface area contributed by atoms with Gasteiger partial charge in [-0.25, -0.2) is 9.97 Å². The highest BCUT2D eigenvalue weighted by atomic mass is 16.5. The monoisotopic (exact) mass is 512 g/mol. The van der Waals surface area contributed by atoms with Gasteiger partial charge in [-0.3, -0.25) is 9.78 Å². The lowest BCUT2D eigenvalue weighted by Crippen LogP contribution is -2.44. The van der Waals surface area contributed by atoms with Crippen molar-refractivity contribution in [3.8, 4) is 17.0 Å². The first kappa shape index (κ1) is 25.1. The number of morpholine rings is 1. The first-order valence-corrected chi connectivity index (χ1v) is 12.2. The van der Waals surface area contributed by atoms with E-state index in [1.807, 2.05) is 36.4 Å². The highest BCUT2D eigenvalue weighted by molar-refractivity contribution is 5.99. The third-order valence-corrected chi connectivity index (χ3v) is 6.24. The maximum Gasteiger partial charge on any atom is 0.247 e. The van der Waals surface area contributed by atoms with Crippen LogP contribution in [0.1, 0.15) is 0 Å². The van der Waals surface area contributed by atoms with Crippen molar-refractivity contribution in [2.45, 2.75) is 6.10 Å². The van der Waals surface area contributed by atoms with E-state index in [0.29, 0.717) is 47.4 Å². The molecule has 3 N–H and O–H groups in total. The molecule has 10 heteroatoms. The number of rotatable bonds is 8. The topological polar surface area (TPSA) is 122 Å². The number of nitrogens with one attached hydrogen (secondary N) is 2.